The highest BCUT2D eigenvalue weighted by molar-refractivity contribution is 6.30. The number of esters is 1. The number of ether oxygens (including phenoxy) is 2. The number of alkyl halides is 3. The average molecular weight is 419 g/mol. The number of hydrogen-bond donors (Lipinski definition) is 3. The van der Waals surface area contributed by atoms with Crippen LogP contribution in [-0.4, -0.2) is 32.1 Å². The fraction of sp³-hybridized carbons (Fsp3) is 0.238. The van der Waals surface area contributed by atoms with E-state index in [-0.39, 0.29) is 22.4 Å². The highest BCUT2D eigenvalue weighted by atomic mass is 19.4. The van der Waals surface area contributed by atoms with E-state index in [1.165, 1.54) is 26.4 Å². The topological polar surface area (TPSA) is 97.4 Å². The van der Waals surface area contributed by atoms with E-state index >= 15 is 0 Å². The fourth-order valence-corrected chi connectivity index (χ4v) is 3.34. The molecule has 0 amide bonds. The Morgan fingerprint density at radius 1 is 1.13 bits per heavy atom. The summed E-state index contributed by atoms with van der Waals surface area (Å²) in [7, 11) is 2.69. The molecule has 3 rings (SSSR count). The monoisotopic (exact) mass is 419 g/mol. The maximum atomic E-state index is 12.9. The third-order valence-corrected chi connectivity index (χ3v) is 4.82. The molecule has 0 bridgehead atoms. The molecule has 2 aromatic rings. The predicted molar refractivity (Wildman–Crippen MR) is 105 cm³/mol. The molecular weight excluding hydrogens is 399 g/mol. The number of benzene rings is 2. The number of hydrogen-bond acceptors (Lipinski definition) is 6. The van der Waals surface area contributed by atoms with Gasteiger partial charge in [-0.25, -0.2) is 4.79 Å². The zero-order valence-electron chi connectivity index (χ0n) is 16.2. The number of rotatable bonds is 4. The Kier molecular flexibility index (Phi) is 5.95. The molecule has 0 aromatic heterocycles. The van der Waals surface area contributed by atoms with Crippen molar-refractivity contribution in [2.45, 2.75) is 18.4 Å². The van der Waals surface area contributed by atoms with Crippen LogP contribution in [0.15, 0.2) is 54.1 Å². The van der Waals surface area contributed by atoms with E-state index in [1.54, 1.807) is 24.3 Å². The maximum absolute atomic E-state index is 12.9. The number of carbonyl (C=O) groups is 1. The van der Waals surface area contributed by atoms with Crippen LogP contribution in [0.2, 0.25) is 0 Å². The van der Waals surface area contributed by atoms with E-state index in [2.05, 4.69) is 5.32 Å². The summed E-state index contributed by atoms with van der Waals surface area (Å²) in [6.45, 7) is 0. The summed E-state index contributed by atoms with van der Waals surface area (Å²) in [5.41, 5.74) is 6.21. The van der Waals surface area contributed by atoms with Crippen molar-refractivity contribution in [3.8, 4) is 5.75 Å². The molecule has 1 aliphatic heterocycles. The van der Waals surface area contributed by atoms with Gasteiger partial charge in [-0.3, -0.25) is 5.32 Å². The van der Waals surface area contributed by atoms with Gasteiger partial charge < -0.3 is 20.6 Å². The van der Waals surface area contributed by atoms with E-state index in [1.807, 2.05) is 0 Å². The van der Waals surface area contributed by atoms with Crippen LogP contribution in [0.1, 0.15) is 22.7 Å². The minimum absolute atomic E-state index is 0.0808. The summed E-state index contributed by atoms with van der Waals surface area (Å²) in [6, 6.07) is 10.4. The van der Waals surface area contributed by atoms with Crippen LogP contribution in [-0.2, 0) is 15.7 Å². The van der Waals surface area contributed by atoms with E-state index in [0.717, 1.165) is 12.1 Å². The van der Waals surface area contributed by atoms with Gasteiger partial charge in [0.25, 0.3) is 0 Å². The number of nitrogens with two attached hydrogens (primary N) is 1. The van der Waals surface area contributed by atoms with Gasteiger partial charge in [-0.2, -0.15) is 13.2 Å². The first-order valence-electron chi connectivity index (χ1n) is 8.92. The van der Waals surface area contributed by atoms with Crippen LogP contribution in [0.5, 0.6) is 5.75 Å². The van der Waals surface area contributed by atoms with Crippen LogP contribution in [0, 0.1) is 5.41 Å². The summed E-state index contributed by atoms with van der Waals surface area (Å²) in [5.74, 6) is -0.175. The fourth-order valence-electron chi connectivity index (χ4n) is 3.34. The Balaban J connectivity index is 2.21. The summed E-state index contributed by atoms with van der Waals surface area (Å²) >= 11 is 0. The van der Waals surface area contributed by atoms with Gasteiger partial charge in [-0.05, 0) is 35.4 Å². The van der Waals surface area contributed by atoms with Gasteiger partial charge in [0.2, 0.25) is 0 Å². The molecule has 0 radical (unpaired) electrons. The molecular formula is C21H20F3N3O3. The average Bonchev–Trinajstić information content (AvgIpc) is 2.74. The van der Waals surface area contributed by atoms with Crippen molar-refractivity contribution < 1.29 is 27.4 Å². The van der Waals surface area contributed by atoms with Crippen LogP contribution < -0.4 is 15.8 Å². The number of nitrogens with one attached hydrogen (secondary N) is 2. The maximum Gasteiger partial charge on any atom is 0.416 e. The molecule has 2 atom stereocenters. The molecule has 30 heavy (non-hydrogen) atoms. The van der Waals surface area contributed by atoms with Gasteiger partial charge in [0.05, 0.1) is 43.3 Å². The predicted octanol–water partition coefficient (Wildman–Crippen LogP) is 3.29. The van der Waals surface area contributed by atoms with Crippen LogP contribution in [0.25, 0.3) is 5.57 Å². The van der Waals surface area contributed by atoms with Gasteiger partial charge in [0, 0.05) is 5.57 Å². The molecule has 0 aliphatic carbocycles. The summed E-state index contributed by atoms with van der Waals surface area (Å²) in [5, 5.41) is 11.4. The highest BCUT2D eigenvalue weighted by Crippen LogP contribution is 2.37. The van der Waals surface area contributed by atoms with Gasteiger partial charge in [0.1, 0.15) is 5.75 Å². The van der Waals surface area contributed by atoms with E-state index in [4.69, 9.17) is 20.6 Å². The second kappa shape index (κ2) is 8.29. The standard InChI is InChI=1S/C21H20F3N3O3/c1-29-14-5-3-4-12(10-14)18-16(20(28)30-2)15(17(25)19(26)27-18)11-6-8-13(9-7-11)21(22,23)24/h3-10,18-19,25,27H,26H2,1-2H3. The molecule has 158 valence electrons. The minimum Gasteiger partial charge on any atom is -0.497 e. The van der Waals surface area contributed by atoms with Gasteiger partial charge >= 0.3 is 12.1 Å². The normalized spacial score (nSPS) is 19.6. The number of carbonyl (C=O) groups excluding carboxylic acids is 1. The van der Waals surface area contributed by atoms with Gasteiger partial charge in [0.15, 0.2) is 0 Å². The lowest BCUT2D eigenvalue weighted by molar-refractivity contribution is -0.138. The van der Waals surface area contributed by atoms with E-state index in [9.17, 15) is 18.0 Å². The number of halogens is 3. The third kappa shape index (κ3) is 4.07. The van der Waals surface area contributed by atoms with Crippen molar-refractivity contribution in [3.63, 3.8) is 0 Å². The Morgan fingerprint density at radius 3 is 2.37 bits per heavy atom. The molecule has 2 unspecified atom stereocenters. The molecule has 1 heterocycles. The van der Waals surface area contributed by atoms with Crippen molar-refractivity contribution in [1.82, 2.24) is 5.32 Å². The molecule has 9 heteroatoms. The van der Waals surface area contributed by atoms with Gasteiger partial charge in [-0.1, -0.05) is 24.3 Å². The minimum atomic E-state index is -4.50. The van der Waals surface area contributed by atoms with Gasteiger partial charge in [-0.15, -0.1) is 0 Å². The van der Waals surface area contributed by atoms with Crippen LogP contribution in [0.3, 0.4) is 0 Å². The summed E-state index contributed by atoms with van der Waals surface area (Å²) in [6.07, 6.45) is -5.45. The Hall–Kier alpha value is -3.17. The highest BCUT2D eigenvalue weighted by Gasteiger charge is 2.37. The lowest BCUT2D eigenvalue weighted by atomic mass is 9.83. The summed E-state index contributed by atoms with van der Waals surface area (Å²) < 4.78 is 49.0. The van der Waals surface area contributed by atoms with Crippen molar-refractivity contribution in [2.24, 2.45) is 5.73 Å². The Morgan fingerprint density at radius 2 is 1.80 bits per heavy atom. The molecule has 6 nitrogen and oxygen atoms in total. The molecule has 1 aliphatic rings. The first-order chi connectivity index (χ1) is 14.2. The molecule has 4 N–H and O–H groups in total. The smallest absolute Gasteiger partial charge is 0.416 e. The second-order valence-corrected chi connectivity index (χ2v) is 6.62. The third-order valence-electron chi connectivity index (χ3n) is 4.82. The molecule has 2 aromatic carbocycles. The molecule has 0 fully saturated rings. The first-order valence-corrected chi connectivity index (χ1v) is 8.92. The first kappa shape index (κ1) is 21.5. The quantitative estimate of drug-likeness (QED) is 0.661. The van der Waals surface area contributed by atoms with Crippen LogP contribution in [0.4, 0.5) is 13.2 Å². The largest absolute Gasteiger partial charge is 0.497 e. The number of methoxy groups -OCH3 is 2. The SMILES string of the molecule is COC(=O)C1=C(c2ccc(C(F)(F)F)cc2)C(=N)C(N)NC1c1cccc(OC)c1. The lowest BCUT2D eigenvalue weighted by Crippen LogP contribution is -2.51. The Bertz CT molecular complexity index is 1000. The summed E-state index contributed by atoms with van der Waals surface area (Å²) in [4.78, 5) is 12.7. The zero-order valence-corrected chi connectivity index (χ0v) is 16.2. The lowest BCUT2D eigenvalue weighted by Gasteiger charge is -2.33. The molecule has 0 spiro atoms. The Labute approximate surface area is 171 Å². The zero-order chi connectivity index (χ0) is 22.1. The van der Waals surface area contributed by atoms with Crippen molar-refractivity contribution >= 4 is 17.3 Å². The van der Waals surface area contributed by atoms with Crippen LogP contribution >= 0.6 is 0 Å². The van der Waals surface area contributed by atoms with Crippen molar-refractivity contribution in [1.29, 1.82) is 5.41 Å². The van der Waals surface area contributed by atoms with Crippen molar-refractivity contribution in [3.05, 3.63) is 70.8 Å². The van der Waals surface area contributed by atoms with E-state index in [0.29, 0.717) is 11.3 Å². The second-order valence-electron chi connectivity index (χ2n) is 6.62. The molecule has 0 saturated heterocycles. The molecule has 0 saturated carbocycles. The van der Waals surface area contributed by atoms with Crippen molar-refractivity contribution in [2.75, 3.05) is 14.2 Å². The van der Waals surface area contributed by atoms with E-state index < -0.39 is 29.9 Å².